The van der Waals surface area contributed by atoms with Crippen LogP contribution in [0.2, 0.25) is 5.02 Å². The monoisotopic (exact) mass is 275 g/mol. The molecule has 0 atom stereocenters. The molecule has 0 radical (unpaired) electrons. The van der Waals surface area contributed by atoms with E-state index < -0.39 is 0 Å². The molecule has 98 valence electrons. The van der Waals surface area contributed by atoms with E-state index in [1.54, 1.807) is 30.3 Å². The number of anilines is 2. The topological polar surface area (TPSA) is 67.1 Å². The molecule has 19 heavy (non-hydrogen) atoms. The van der Waals surface area contributed by atoms with Gasteiger partial charge in [0.2, 0.25) is 0 Å². The number of hydrogen-bond acceptors (Lipinski definition) is 2. The number of hydrogen-bond donors (Lipinski definition) is 3. The molecule has 2 amide bonds. The third-order valence-corrected chi connectivity index (χ3v) is 2.75. The van der Waals surface area contributed by atoms with Crippen molar-refractivity contribution in [3.05, 3.63) is 59.1 Å². The lowest BCUT2D eigenvalue weighted by atomic mass is 10.2. The van der Waals surface area contributed by atoms with Gasteiger partial charge in [0.1, 0.15) is 0 Å². The molecule has 0 aliphatic rings. The first-order valence-electron chi connectivity index (χ1n) is 5.78. The average molecular weight is 276 g/mol. The highest BCUT2D eigenvalue weighted by Crippen LogP contribution is 2.11. The molecule has 0 bridgehead atoms. The number of carbonyl (C=O) groups is 1. The minimum Gasteiger partial charge on any atom is -0.399 e. The number of nitrogen functional groups attached to an aromatic ring is 1. The lowest BCUT2D eigenvalue weighted by molar-refractivity contribution is 0.251. The second-order valence-corrected chi connectivity index (χ2v) is 4.50. The van der Waals surface area contributed by atoms with E-state index in [1.807, 2.05) is 18.2 Å². The van der Waals surface area contributed by atoms with Crippen molar-refractivity contribution in [3.63, 3.8) is 0 Å². The van der Waals surface area contributed by atoms with Crippen molar-refractivity contribution in [1.29, 1.82) is 0 Å². The van der Waals surface area contributed by atoms with Gasteiger partial charge in [-0.15, -0.1) is 0 Å². The number of nitrogens with one attached hydrogen (secondary N) is 2. The van der Waals surface area contributed by atoms with Crippen LogP contribution in [-0.4, -0.2) is 6.03 Å². The van der Waals surface area contributed by atoms with Crippen LogP contribution in [0, 0.1) is 0 Å². The summed E-state index contributed by atoms with van der Waals surface area (Å²) in [5.74, 6) is 0. The summed E-state index contributed by atoms with van der Waals surface area (Å²) in [5, 5.41) is 6.12. The fraction of sp³-hybridized carbons (Fsp3) is 0.0714. The summed E-state index contributed by atoms with van der Waals surface area (Å²) in [7, 11) is 0. The summed E-state index contributed by atoms with van der Waals surface area (Å²) in [6.45, 7) is 0.418. The van der Waals surface area contributed by atoms with Crippen molar-refractivity contribution < 1.29 is 4.79 Å². The largest absolute Gasteiger partial charge is 0.399 e. The molecule has 0 saturated carbocycles. The molecule has 0 aromatic heterocycles. The molecule has 5 heteroatoms. The minimum atomic E-state index is -0.273. The van der Waals surface area contributed by atoms with Crippen LogP contribution in [0.5, 0.6) is 0 Å². The Hall–Kier alpha value is -2.20. The predicted molar refractivity (Wildman–Crippen MR) is 78.2 cm³/mol. The van der Waals surface area contributed by atoms with E-state index in [1.165, 1.54) is 0 Å². The van der Waals surface area contributed by atoms with Gasteiger partial charge in [0.15, 0.2) is 0 Å². The number of nitrogens with two attached hydrogens (primary N) is 1. The first kappa shape index (κ1) is 13.2. The average Bonchev–Trinajstić information content (AvgIpc) is 2.39. The van der Waals surface area contributed by atoms with Crippen LogP contribution in [-0.2, 0) is 6.54 Å². The smallest absolute Gasteiger partial charge is 0.319 e. The number of urea groups is 1. The van der Waals surface area contributed by atoms with Crippen LogP contribution in [0.3, 0.4) is 0 Å². The van der Waals surface area contributed by atoms with Crippen LogP contribution >= 0.6 is 11.6 Å². The van der Waals surface area contributed by atoms with Crippen molar-refractivity contribution in [2.75, 3.05) is 11.1 Å². The molecule has 4 N–H and O–H groups in total. The van der Waals surface area contributed by atoms with E-state index >= 15 is 0 Å². The van der Waals surface area contributed by atoms with Crippen molar-refractivity contribution in [3.8, 4) is 0 Å². The van der Waals surface area contributed by atoms with Crippen molar-refractivity contribution >= 4 is 29.0 Å². The molecule has 0 aliphatic heterocycles. The molecule has 0 fully saturated rings. The lowest BCUT2D eigenvalue weighted by Gasteiger charge is -2.08. The fourth-order valence-electron chi connectivity index (χ4n) is 1.57. The highest BCUT2D eigenvalue weighted by molar-refractivity contribution is 6.30. The first-order valence-corrected chi connectivity index (χ1v) is 6.16. The van der Waals surface area contributed by atoms with Gasteiger partial charge >= 0.3 is 6.03 Å². The highest BCUT2D eigenvalue weighted by Gasteiger charge is 2.01. The second kappa shape index (κ2) is 6.11. The van der Waals surface area contributed by atoms with E-state index in [4.69, 9.17) is 17.3 Å². The van der Waals surface area contributed by atoms with Gasteiger partial charge in [-0.25, -0.2) is 4.79 Å². The summed E-state index contributed by atoms with van der Waals surface area (Å²) in [5.41, 5.74) is 7.86. The predicted octanol–water partition coefficient (Wildman–Crippen LogP) is 3.24. The third-order valence-electron chi connectivity index (χ3n) is 2.51. The number of amides is 2. The third kappa shape index (κ3) is 4.19. The van der Waals surface area contributed by atoms with E-state index in [-0.39, 0.29) is 6.03 Å². The molecular weight excluding hydrogens is 262 g/mol. The van der Waals surface area contributed by atoms with Gasteiger partial charge in [0.25, 0.3) is 0 Å². The van der Waals surface area contributed by atoms with Gasteiger partial charge in [0.05, 0.1) is 0 Å². The summed E-state index contributed by atoms with van der Waals surface area (Å²) in [4.78, 5) is 11.7. The Morgan fingerprint density at radius 3 is 2.58 bits per heavy atom. The van der Waals surface area contributed by atoms with Gasteiger partial charge < -0.3 is 16.4 Å². The number of halogens is 1. The van der Waals surface area contributed by atoms with Gasteiger partial charge in [0, 0.05) is 22.9 Å². The quantitative estimate of drug-likeness (QED) is 0.753. The lowest BCUT2D eigenvalue weighted by Crippen LogP contribution is -2.28. The van der Waals surface area contributed by atoms with Crippen molar-refractivity contribution in [1.82, 2.24) is 5.32 Å². The number of rotatable bonds is 3. The summed E-state index contributed by atoms with van der Waals surface area (Å²) in [6, 6.07) is 14.0. The van der Waals surface area contributed by atoms with E-state index in [2.05, 4.69) is 10.6 Å². The molecule has 2 aromatic carbocycles. The van der Waals surface area contributed by atoms with E-state index in [9.17, 15) is 4.79 Å². The van der Waals surface area contributed by atoms with E-state index in [0.717, 1.165) is 5.56 Å². The van der Waals surface area contributed by atoms with Gasteiger partial charge in [-0.2, -0.15) is 0 Å². The van der Waals surface area contributed by atoms with Crippen molar-refractivity contribution in [2.24, 2.45) is 0 Å². The SMILES string of the molecule is Nc1ccc(NC(=O)NCc2cccc(Cl)c2)cc1. The summed E-state index contributed by atoms with van der Waals surface area (Å²) < 4.78 is 0. The van der Waals surface area contributed by atoms with Gasteiger partial charge in [-0.3, -0.25) is 0 Å². The molecule has 2 aromatic rings. The first-order chi connectivity index (χ1) is 9.13. The number of benzene rings is 2. The Morgan fingerprint density at radius 1 is 1.16 bits per heavy atom. The molecule has 0 unspecified atom stereocenters. The molecular formula is C14H14ClN3O. The fourth-order valence-corrected chi connectivity index (χ4v) is 1.78. The van der Waals surface area contributed by atoms with Crippen LogP contribution < -0.4 is 16.4 Å². The second-order valence-electron chi connectivity index (χ2n) is 4.06. The van der Waals surface area contributed by atoms with Crippen LogP contribution in [0.1, 0.15) is 5.56 Å². The molecule has 0 spiro atoms. The molecule has 0 aliphatic carbocycles. The van der Waals surface area contributed by atoms with Crippen molar-refractivity contribution in [2.45, 2.75) is 6.54 Å². The van der Waals surface area contributed by atoms with E-state index in [0.29, 0.717) is 22.9 Å². The minimum absolute atomic E-state index is 0.273. The zero-order valence-electron chi connectivity index (χ0n) is 10.2. The van der Waals surface area contributed by atoms with Gasteiger partial charge in [-0.1, -0.05) is 23.7 Å². The van der Waals surface area contributed by atoms with Crippen LogP contribution in [0.25, 0.3) is 0 Å². The Morgan fingerprint density at radius 2 is 1.89 bits per heavy atom. The molecule has 0 saturated heterocycles. The highest BCUT2D eigenvalue weighted by atomic mass is 35.5. The Kier molecular flexibility index (Phi) is 4.26. The Bertz CT molecular complexity index is 569. The zero-order chi connectivity index (χ0) is 13.7. The maximum atomic E-state index is 11.7. The molecule has 0 heterocycles. The summed E-state index contributed by atoms with van der Waals surface area (Å²) >= 11 is 5.86. The Balaban J connectivity index is 1.86. The molecule has 2 rings (SSSR count). The zero-order valence-corrected chi connectivity index (χ0v) is 10.9. The normalized spacial score (nSPS) is 9.95. The maximum absolute atomic E-state index is 11.7. The Labute approximate surface area is 116 Å². The van der Waals surface area contributed by atoms with Gasteiger partial charge in [-0.05, 0) is 42.0 Å². The summed E-state index contributed by atoms with van der Waals surface area (Å²) in [6.07, 6.45) is 0. The maximum Gasteiger partial charge on any atom is 0.319 e. The van der Waals surface area contributed by atoms with Crippen LogP contribution in [0.4, 0.5) is 16.2 Å². The number of carbonyl (C=O) groups excluding carboxylic acids is 1. The molecule has 4 nitrogen and oxygen atoms in total. The standard InChI is InChI=1S/C14H14ClN3O/c15-11-3-1-2-10(8-11)9-17-14(19)18-13-6-4-12(16)5-7-13/h1-8H,9,16H2,(H2,17,18,19). The van der Waals surface area contributed by atoms with Crippen LogP contribution in [0.15, 0.2) is 48.5 Å².